The fourth-order valence-electron chi connectivity index (χ4n) is 2.56. The van der Waals surface area contributed by atoms with Crippen LogP contribution in [0, 0.1) is 22.9 Å². The first kappa shape index (κ1) is 21.4. The number of thiazole rings is 1. The molecule has 0 saturated carbocycles. The van der Waals surface area contributed by atoms with E-state index in [1.807, 2.05) is 6.92 Å². The topological polar surface area (TPSA) is 128 Å². The molecule has 0 atom stereocenters. The van der Waals surface area contributed by atoms with Gasteiger partial charge in [0.1, 0.15) is 5.82 Å². The van der Waals surface area contributed by atoms with Crippen LogP contribution in [-0.2, 0) is 4.79 Å². The molecule has 0 spiro atoms. The van der Waals surface area contributed by atoms with Crippen LogP contribution in [0.1, 0.15) is 15.2 Å². The summed E-state index contributed by atoms with van der Waals surface area (Å²) < 4.78 is 13.1. The number of nitrogens with zero attached hydrogens (tertiary/aromatic N) is 2. The molecule has 0 saturated heterocycles. The second-order valence-corrected chi connectivity index (χ2v) is 8.29. The molecule has 0 fully saturated rings. The van der Waals surface area contributed by atoms with Gasteiger partial charge < -0.3 is 11.1 Å². The number of carbonyl (C=O) groups is 2. The summed E-state index contributed by atoms with van der Waals surface area (Å²) in [6.45, 7) is 1.84. The number of carbonyl (C=O) groups excluding carboxylic acids is 2. The summed E-state index contributed by atoms with van der Waals surface area (Å²) in [5.41, 5.74) is 6.23. The van der Waals surface area contributed by atoms with Gasteiger partial charge in [0.05, 0.1) is 21.3 Å². The Labute approximate surface area is 178 Å². The first-order valence-corrected chi connectivity index (χ1v) is 10.3. The fraction of sp³-hybridized carbons (Fsp3) is 0.105. The van der Waals surface area contributed by atoms with E-state index in [-0.39, 0.29) is 27.7 Å². The molecule has 1 heterocycles. The summed E-state index contributed by atoms with van der Waals surface area (Å²) in [6, 6.07) is 9.72. The monoisotopic (exact) mass is 446 g/mol. The van der Waals surface area contributed by atoms with Crippen molar-refractivity contribution in [2.24, 2.45) is 5.73 Å². The Morgan fingerprint density at radius 3 is 2.60 bits per heavy atom. The number of nitro groups is 1. The van der Waals surface area contributed by atoms with Crippen molar-refractivity contribution in [3.8, 4) is 11.3 Å². The van der Waals surface area contributed by atoms with E-state index in [4.69, 9.17) is 5.73 Å². The third-order valence-electron chi connectivity index (χ3n) is 3.96. The van der Waals surface area contributed by atoms with Gasteiger partial charge in [-0.15, -0.1) is 23.1 Å². The van der Waals surface area contributed by atoms with Crippen molar-refractivity contribution in [3.63, 3.8) is 0 Å². The van der Waals surface area contributed by atoms with Gasteiger partial charge in [-0.1, -0.05) is 0 Å². The number of nitrogens with two attached hydrogens (primary N) is 1. The molecule has 0 radical (unpaired) electrons. The number of nitrogens with one attached hydrogen (secondary N) is 1. The van der Waals surface area contributed by atoms with Gasteiger partial charge >= 0.3 is 0 Å². The van der Waals surface area contributed by atoms with Crippen molar-refractivity contribution < 1.29 is 18.9 Å². The molecule has 0 unspecified atom stereocenters. The number of aryl methyl sites for hydroxylation is 1. The third-order valence-corrected chi connectivity index (χ3v) is 5.91. The number of hydrogen-bond donors (Lipinski definition) is 2. The van der Waals surface area contributed by atoms with Crippen molar-refractivity contribution >= 4 is 45.7 Å². The zero-order valence-corrected chi connectivity index (χ0v) is 17.2. The molecule has 3 aromatic rings. The van der Waals surface area contributed by atoms with Crippen molar-refractivity contribution in [3.05, 3.63) is 68.8 Å². The summed E-state index contributed by atoms with van der Waals surface area (Å²) in [6.07, 6.45) is 0. The standard InChI is InChI=1S/C19H15FN4O4S2/c1-10-17(11-2-5-13(20)6-3-11)23-19(30-10)22-16(25)9-29-15-7-4-12(18(21)26)8-14(15)24(27)28/h2-8H,9H2,1H3,(H2,21,26)(H,22,23,25). The molecule has 0 aliphatic rings. The van der Waals surface area contributed by atoms with Crippen LogP contribution in [0.3, 0.4) is 0 Å². The largest absolute Gasteiger partial charge is 0.366 e. The number of amides is 2. The Morgan fingerprint density at radius 1 is 1.27 bits per heavy atom. The maximum Gasteiger partial charge on any atom is 0.283 e. The van der Waals surface area contributed by atoms with Gasteiger partial charge in [0.2, 0.25) is 11.8 Å². The molecule has 30 heavy (non-hydrogen) atoms. The van der Waals surface area contributed by atoms with Gasteiger partial charge in [0, 0.05) is 22.1 Å². The lowest BCUT2D eigenvalue weighted by atomic mass is 10.1. The Hall–Kier alpha value is -3.31. The van der Waals surface area contributed by atoms with E-state index >= 15 is 0 Å². The molecule has 1 aromatic heterocycles. The SMILES string of the molecule is Cc1sc(NC(=O)CSc2ccc(C(N)=O)cc2[N+](=O)[O-])nc1-c1ccc(F)cc1. The highest BCUT2D eigenvalue weighted by Gasteiger charge is 2.19. The maximum absolute atomic E-state index is 13.1. The summed E-state index contributed by atoms with van der Waals surface area (Å²) >= 11 is 2.23. The second-order valence-electron chi connectivity index (χ2n) is 6.07. The van der Waals surface area contributed by atoms with Crippen LogP contribution in [0.4, 0.5) is 15.2 Å². The van der Waals surface area contributed by atoms with Crippen LogP contribution in [0.2, 0.25) is 0 Å². The molecular weight excluding hydrogens is 431 g/mol. The lowest BCUT2D eigenvalue weighted by Gasteiger charge is -2.04. The molecule has 0 aliphatic heterocycles. The summed E-state index contributed by atoms with van der Waals surface area (Å²) in [4.78, 5) is 39.6. The smallest absolute Gasteiger partial charge is 0.283 e. The van der Waals surface area contributed by atoms with Crippen LogP contribution in [0.5, 0.6) is 0 Å². The van der Waals surface area contributed by atoms with Crippen LogP contribution in [-0.4, -0.2) is 27.5 Å². The van der Waals surface area contributed by atoms with Crippen molar-refractivity contribution in [1.82, 2.24) is 4.98 Å². The highest BCUT2D eigenvalue weighted by Crippen LogP contribution is 2.32. The Bertz CT molecular complexity index is 1130. The first-order chi connectivity index (χ1) is 14.2. The van der Waals surface area contributed by atoms with Crippen LogP contribution in [0.15, 0.2) is 47.4 Å². The van der Waals surface area contributed by atoms with E-state index in [1.165, 1.54) is 35.6 Å². The molecule has 3 N–H and O–H groups in total. The minimum Gasteiger partial charge on any atom is -0.366 e. The molecule has 8 nitrogen and oxygen atoms in total. The van der Waals surface area contributed by atoms with Crippen LogP contribution >= 0.6 is 23.1 Å². The average molecular weight is 446 g/mol. The first-order valence-electron chi connectivity index (χ1n) is 8.49. The van der Waals surface area contributed by atoms with E-state index in [1.54, 1.807) is 12.1 Å². The Morgan fingerprint density at radius 2 is 1.97 bits per heavy atom. The van der Waals surface area contributed by atoms with E-state index in [2.05, 4.69) is 10.3 Å². The van der Waals surface area contributed by atoms with E-state index in [0.717, 1.165) is 28.3 Å². The molecular formula is C19H15FN4O4S2. The number of anilines is 1. The zero-order valence-electron chi connectivity index (χ0n) is 15.5. The normalized spacial score (nSPS) is 10.6. The Kier molecular flexibility index (Phi) is 6.43. The van der Waals surface area contributed by atoms with Gasteiger partial charge in [-0.05, 0) is 43.3 Å². The molecule has 0 bridgehead atoms. The predicted octanol–water partition coefficient (Wildman–Crippen LogP) is 4.00. The van der Waals surface area contributed by atoms with Gasteiger partial charge in [0.15, 0.2) is 5.13 Å². The Balaban J connectivity index is 1.68. The van der Waals surface area contributed by atoms with E-state index in [0.29, 0.717) is 10.8 Å². The molecule has 3 rings (SSSR count). The highest BCUT2D eigenvalue weighted by atomic mass is 32.2. The molecule has 11 heteroatoms. The lowest BCUT2D eigenvalue weighted by Crippen LogP contribution is -2.14. The van der Waals surface area contributed by atoms with Crippen molar-refractivity contribution in [1.29, 1.82) is 0 Å². The van der Waals surface area contributed by atoms with Gasteiger partial charge in [0.25, 0.3) is 5.69 Å². The number of nitro benzene ring substituents is 1. The number of rotatable bonds is 7. The lowest BCUT2D eigenvalue weighted by molar-refractivity contribution is -0.387. The number of benzene rings is 2. The van der Waals surface area contributed by atoms with E-state index in [9.17, 15) is 24.1 Å². The van der Waals surface area contributed by atoms with E-state index < -0.39 is 16.7 Å². The van der Waals surface area contributed by atoms with Crippen molar-refractivity contribution in [2.45, 2.75) is 11.8 Å². The second kappa shape index (κ2) is 9.01. The minimum absolute atomic E-state index is 0.0158. The number of primary amides is 1. The third kappa shape index (κ3) is 4.99. The van der Waals surface area contributed by atoms with Crippen LogP contribution < -0.4 is 11.1 Å². The minimum atomic E-state index is -0.775. The van der Waals surface area contributed by atoms with Crippen molar-refractivity contribution in [2.75, 3.05) is 11.1 Å². The molecule has 2 aromatic carbocycles. The fourth-order valence-corrected chi connectivity index (χ4v) is 4.22. The summed E-state index contributed by atoms with van der Waals surface area (Å²) in [5.74, 6) is -1.62. The van der Waals surface area contributed by atoms with Gasteiger partial charge in [-0.3, -0.25) is 19.7 Å². The van der Waals surface area contributed by atoms with Crippen LogP contribution in [0.25, 0.3) is 11.3 Å². The maximum atomic E-state index is 13.1. The molecule has 154 valence electrons. The number of thioether (sulfide) groups is 1. The highest BCUT2D eigenvalue weighted by molar-refractivity contribution is 8.00. The summed E-state index contributed by atoms with van der Waals surface area (Å²) in [5, 5.41) is 14.3. The zero-order chi connectivity index (χ0) is 21.8. The molecule has 2 amide bonds. The number of hydrogen-bond acceptors (Lipinski definition) is 7. The average Bonchev–Trinajstić information content (AvgIpc) is 3.06. The van der Waals surface area contributed by atoms with Gasteiger partial charge in [-0.2, -0.15) is 0 Å². The number of halogens is 1. The van der Waals surface area contributed by atoms with Gasteiger partial charge in [-0.25, -0.2) is 9.37 Å². The predicted molar refractivity (Wildman–Crippen MR) is 113 cm³/mol. The molecule has 0 aliphatic carbocycles. The number of aromatic nitrogens is 1. The quantitative estimate of drug-likeness (QED) is 0.321. The summed E-state index contributed by atoms with van der Waals surface area (Å²) in [7, 11) is 0.